The SMILES string of the molecule is CCc1ccc(NC(=O)CC2CC3CCC(C2)N3)cc1S(N)(=O)=O.Cl. The van der Waals surface area contributed by atoms with Crippen LogP contribution in [0.3, 0.4) is 0 Å². The Balaban J connectivity index is 0.00000225. The van der Waals surface area contributed by atoms with Crippen molar-refractivity contribution in [2.75, 3.05) is 5.32 Å². The van der Waals surface area contributed by atoms with Crippen molar-refractivity contribution in [2.24, 2.45) is 11.1 Å². The van der Waals surface area contributed by atoms with E-state index < -0.39 is 10.0 Å². The molecule has 1 aromatic carbocycles. The lowest BCUT2D eigenvalue weighted by molar-refractivity contribution is -0.117. The summed E-state index contributed by atoms with van der Waals surface area (Å²) in [4.78, 5) is 12.4. The maximum atomic E-state index is 12.3. The highest BCUT2D eigenvalue weighted by Crippen LogP contribution is 2.33. The second-order valence-corrected chi connectivity index (χ2v) is 8.48. The Morgan fingerprint density at radius 3 is 2.48 bits per heavy atom. The van der Waals surface area contributed by atoms with Crippen molar-refractivity contribution in [3.8, 4) is 0 Å². The normalized spacial score (nSPS) is 25.3. The lowest BCUT2D eigenvalue weighted by Crippen LogP contribution is -2.39. The van der Waals surface area contributed by atoms with Crippen molar-refractivity contribution in [1.82, 2.24) is 5.32 Å². The molecule has 2 heterocycles. The first-order valence-corrected chi connectivity index (χ1v) is 10.1. The smallest absolute Gasteiger partial charge is 0.238 e. The zero-order valence-electron chi connectivity index (χ0n) is 14.3. The number of piperidine rings is 1. The third-order valence-corrected chi connectivity index (χ3v) is 6.08. The van der Waals surface area contributed by atoms with Gasteiger partial charge in [0.25, 0.3) is 0 Å². The first-order chi connectivity index (χ1) is 11.3. The summed E-state index contributed by atoms with van der Waals surface area (Å²) in [5.41, 5.74) is 1.14. The highest BCUT2D eigenvalue weighted by atomic mass is 35.5. The van der Waals surface area contributed by atoms with Gasteiger partial charge in [0.05, 0.1) is 4.90 Å². The molecule has 1 aromatic rings. The Bertz CT molecular complexity index is 727. The minimum atomic E-state index is -3.80. The molecule has 2 aliphatic heterocycles. The van der Waals surface area contributed by atoms with E-state index in [0.717, 1.165) is 12.8 Å². The van der Waals surface area contributed by atoms with Crippen molar-refractivity contribution >= 4 is 34.0 Å². The molecular formula is C17H26ClN3O3S. The molecule has 140 valence electrons. The van der Waals surface area contributed by atoms with E-state index in [1.54, 1.807) is 12.1 Å². The van der Waals surface area contributed by atoms with Gasteiger partial charge < -0.3 is 10.6 Å². The van der Waals surface area contributed by atoms with Crippen molar-refractivity contribution in [3.63, 3.8) is 0 Å². The van der Waals surface area contributed by atoms with Crippen LogP contribution >= 0.6 is 12.4 Å². The number of amides is 1. The number of fused-ring (bicyclic) bond motifs is 2. The third kappa shape index (κ3) is 4.94. The van der Waals surface area contributed by atoms with Gasteiger partial charge in [0.15, 0.2) is 0 Å². The number of aryl methyl sites for hydroxylation is 1. The van der Waals surface area contributed by atoms with Crippen LogP contribution in [-0.4, -0.2) is 26.4 Å². The van der Waals surface area contributed by atoms with E-state index in [4.69, 9.17) is 5.14 Å². The molecule has 0 saturated carbocycles. The van der Waals surface area contributed by atoms with Crippen molar-refractivity contribution in [1.29, 1.82) is 0 Å². The molecule has 3 rings (SSSR count). The molecular weight excluding hydrogens is 362 g/mol. The molecule has 0 spiro atoms. The van der Waals surface area contributed by atoms with Crippen LogP contribution in [0.15, 0.2) is 23.1 Å². The topological polar surface area (TPSA) is 101 Å². The molecule has 0 radical (unpaired) electrons. The molecule has 6 nitrogen and oxygen atoms in total. The predicted molar refractivity (Wildman–Crippen MR) is 100 cm³/mol. The van der Waals surface area contributed by atoms with Crippen LogP contribution in [0.4, 0.5) is 5.69 Å². The van der Waals surface area contributed by atoms with Gasteiger partial charge in [-0.3, -0.25) is 4.79 Å². The molecule has 0 aliphatic carbocycles. The fourth-order valence-electron chi connectivity index (χ4n) is 4.01. The number of hydrogen-bond donors (Lipinski definition) is 3. The Labute approximate surface area is 155 Å². The quantitative estimate of drug-likeness (QED) is 0.720. The molecule has 1 amide bonds. The number of sulfonamides is 1. The lowest BCUT2D eigenvalue weighted by Gasteiger charge is -2.28. The molecule has 25 heavy (non-hydrogen) atoms. The number of nitrogens with two attached hydrogens (primary N) is 1. The zero-order chi connectivity index (χ0) is 17.3. The summed E-state index contributed by atoms with van der Waals surface area (Å²) in [7, 11) is -3.80. The van der Waals surface area contributed by atoms with Gasteiger partial charge in [0, 0.05) is 24.2 Å². The number of halogens is 1. The number of anilines is 1. The monoisotopic (exact) mass is 387 g/mol. The summed E-state index contributed by atoms with van der Waals surface area (Å²) in [5, 5.41) is 11.7. The Kier molecular flexibility index (Phi) is 6.48. The molecule has 0 aromatic heterocycles. The number of carbonyl (C=O) groups excluding carboxylic acids is 1. The van der Waals surface area contributed by atoms with E-state index in [-0.39, 0.29) is 23.2 Å². The zero-order valence-corrected chi connectivity index (χ0v) is 16.0. The molecule has 2 aliphatic rings. The van der Waals surface area contributed by atoms with Gasteiger partial charge in [-0.15, -0.1) is 12.4 Å². The van der Waals surface area contributed by atoms with Gasteiger partial charge in [0.1, 0.15) is 0 Å². The third-order valence-electron chi connectivity index (χ3n) is 5.08. The van der Waals surface area contributed by atoms with Crippen LogP contribution in [0.1, 0.15) is 44.6 Å². The molecule has 2 unspecified atom stereocenters. The molecule has 2 fully saturated rings. The molecule has 8 heteroatoms. The molecule has 4 N–H and O–H groups in total. The van der Waals surface area contributed by atoms with Gasteiger partial charge in [-0.1, -0.05) is 13.0 Å². The van der Waals surface area contributed by atoms with Crippen molar-refractivity contribution in [2.45, 2.75) is 62.4 Å². The summed E-state index contributed by atoms with van der Waals surface area (Å²) >= 11 is 0. The summed E-state index contributed by atoms with van der Waals surface area (Å²) < 4.78 is 23.4. The number of primary sulfonamides is 1. The van der Waals surface area contributed by atoms with E-state index in [9.17, 15) is 13.2 Å². The van der Waals surface area contributed by atoms with E-state index in [1.165, 1.54) is 18.9 Å². The van der Waals surface area contributed by atoms with Crippen molar-refractivity contribution < 1.29 is 13.2 Å². The van der Waals surface area contributed by atoms with Crippen molar-refractivity contribution in [3.05, 3.63) is 23.8 Å². The average molecular weight is 388 g/mol. The van der Waals surface area contributed by atoms with Crippen LogP contribution in [0.2, 0.25) is 0 Å². The largest absolute Gasteiger partial charge is 0.326 e. The maximum absolute atomic E-state index is 12.3. The Morgan fingerprint density at radius 1 is 1.28 bits per heavy atom. The van der Waals surface area contributed by atoms with Gasteiger partial charge >= 0.3 is 0 Å². The van der Waals surface area contributed by atoms with Crippen LogP contribution < -0.4 is 15.8 Å². The molecule has 2 bridgehead atoms. The van der Waals surface area contributed by atoms with Gasteiger partial charge in [-0.05, 0) is 55.7 Å². The number of carbonyl (C=O) groups is 1. The highest BCUT2D eigenvalue weighted by Gasteiger charge is 2.34. The molecule has 2 saturated heterocycles. The second-order valence-electron chi connectivity index (χ2n) is 6.95. The van der Waals surface area contributed by atoms with E-state index >= 15 is 0 Å². The Morgan fingerprint density at radius 2 is 1.92 bits per heavy atom. The number of benzene rings is 1. The van der Waals surface area contributed by atoms with E-state index in [1.807, 2.05) is 6.92 Å². The van der Waals surface area contributed by atoms with E-state index in [2.05, 4.69) is 10.6 Å². The highest BCUT2D eigenvalue weighted by molar-refractivity contribution is 7.89. The van der Waals surface area contributed by atoms with Gasteiger partial charge in [-0.25, -0.2) is 13.6 Å². The number of rotatable bonds is 5. The first kappa shape index (κ1) is 20.2. The summed E-state index contributed by atoms with van der Waals surface area (Å²) in [6.45, 7) is 1.87. The molecule has 2 atom stereocenters. The fraction of sp³-hybridized carbons (Fsp3) is 0.588. The minimum Gasteiger partial charge on any atom is -0.326 e. The second kappa shape index (κ2) is 8.03. The lowest BCUT2D eigenvalue weighted by atomic mass is 9.89. The number of hydrogen-bond acceptors (Lipinski definition) is 4. The fourth-order valence-corrected chi connectivity index (χ4v) is 4.87. The number of nitrogens with one attached hydrogen (secondary N) is 2. The van der Waals surface area contributed by atoms with Crippen LogP contribution in [0.5, 0.6) is 0 Å². The first-order valence-electron chi connectivity index (χ1n) is 8.56. The standard InChI is InChI=1S/C17H25N3O3S.ClH/c1-2-12-3-4-15(10-16(12)24(18,22)23)20-17(21)9-11-7-13-5-6-14(8-11)19-13;/h3-4,10-11,13-14,19H,2,5-9H2,1H3,(H,20,21)(H2,18,22,23);1H. The van der Waals surface area contributed by atoms with Crippen LogP contribution in [0, 0.1) is 5.92 Å². The minimum absolute atomic E-state index is 0. The van der Waals surface area contributed by atoms with Gasteiger partial charge in [-0.2, -0.15) is 0 Å². The van der Waals surface area contributed by atoms with Gasteiger partial charge in [0.2, 0.25) is 15.9 Å². The summed E-state index contributed by atoms with van der Waals surface area (Å²) in [6, 6.07) is 6.01. The predicted octanol–water partition coefficient (Wildman–Crippen LogP) is 2.18. The van der Waals surface area contributed by atoms with E-state index in [0.29, 0.717) is 42.1 Å². The Hall–Kier alpha value is -1.15. The summed E-state index contributed by atoms with van der Waals surface area (Å²) in [5.74, 6) is 0.335. The average Bonchev–Trinajstić information content (AvgIpc) is 2.85. The summed E-state index contributed by atoms with van der Waals surface area (Å²) in [6.07, 6.45) is 5.55. The van der Waals surface area contributed by atoms with Crippen LogP contribution in [-0.2, 0) is 21.2 Å². The van der Waals surface area contributed by atoms with Crippen LogP contribution in [0.25, 0.3) is 0 Å². The maximum Gasteiger partial charge on any atom is 0.238 e.